The minimum Gasteiger partial charge on any atom is -0.346 e. The van der Waals surface area contributed by atoms with Gasteiger partial charge in [-0.25, -0.2) is 0 Å². The zero-order chi connectivity index (χ0) is 12.4. The van der Waals surface area contributed by atoms with Crippen LogP contribution in [0.15, 0.2) is 42.6 Å². The van der Waals surface area contributed by atoms with Crippen molar-refractivity contribution in [1.29, 1.82) is 0 Å². The molecule has 4 nitrogen and oxygen atoms in total. The van der Waals surface area contributed by atoms with Gasteiger partial charge in [-0.3, -0.25) is 0 Å². The summed E-state index contributed by atoms with van der Waals surface area (Å²) in [5.74, 6) is 0.905. The quantitative estimate of drug-likeness (QED) is 0.865. The number of hydrogen-bond acceptors (Lipinski definition) is 4. The normalized spacial score (nSPS) is 18.5. The smallest absolute Gasteiger partial charge is 0.151 e. The molecule has 0 fully saturated rings. The SMILES string of the molecule is NCC1c2ccccc2CCN1c1cccnn1. The van der Waals surface area contributed by atoms with E-state index in [1.54, 1.807) is 6.20 Å². The maximum Gasteiger partial charge on any atom is 0.151 e. The number of nitrogens with zero attached hydrogens (tertiary/aromatic N) is 3. The van der Waals surface area contributed by atoms with Gasteiger partial charge in [0.1, 0.15) is 0 Å². The van der Waals surface area contributed by atoms with Crippen LogP contribution in [0, 0.1) is 0 Å². The van der Waals surface area contributed by atoms with E-state index in [9.17, 15) is 0 Å². The summed E-state index contributed by atoms with van der Waals surface area (Å²) >= 11 is 0. The molecule has 0 amide bonds. The summed E-state index contributed by atoms with van der Waals surface area (Å²) in [5, 5.41) is 8.15. The topological polar surface area (TPSA) is 55.0 Å². The summed E-state index contributed by atoms with van der Waals surface area (Å²) in [4.78, 5) is 2.25. The molecule has 0 spiro atoms. The predicted octanol–water partition coefficient (Wildman–Crippen LogP) is 1.54. The Labute approximate surface area is 106 Å². The molecule has 0 radical (unpaired) electrons. The van der Waals surface area contributed by atoms with Crippen molar-refractivity contribution < 1.29 is 0 Å². The van der Waals surface area contributed by atoms with Crippen molar-refractivity contribution in [3.05, 3.63) is 53.7 Å². The maximum absolute atomic E-state index is 5.96. The van der Waals surface area contributed by atoms with Crippen LogP contribution in [0.2, 0.25) is 0 Å². The van der Waals surface area contributed by atoms with Crippen molar-refractivity contribution in [1.82, 2.24) is 10.2 Å². The molecule has 1 aromatic carbocycles. The zero-order valence-electron chi connectivity index (χ0n) is 10.2. The molecule has 2 heterocycles. The zero-order valence-corrected chi connectivity index (χ0v) is 10.2. The van der Waals surface area contributed by atoms with E-state index < -0.39 is 0 Å². The van der Waals surface area contributed by atoms with E-state index in [1.165, 1.54) is 11.1 Å². The van der Waals surface area contributed by atoms with E-state index in [0.29, 0.717) is 6.54 Å². The summed E-state index contributed by atoms with van der Waals surface area (Å²) in [5.41, 5.74) is 8.67. The van der Waals surface area contributed by atoms with Gasteiger partial charge in [0.05, 0.1) is 6.04 Å². The maximum atomic E-state index is 5.96. The summed E-state index contributed by atoms with van der Waals surface area (Å²) < 4.78 is 0. The first kappa shape index (κ1) is 11.2. The minimum absolute atomic E-state index is 0.201. The molecule has 3 rings (SSSR count). The fraction of sp³-hybridized carbons (Fsp3) is 0.286. The molecule has 4 heteroatoms. The molecule has 2 N–H and O–H groups in total. The van der Waals surface area contributed by atoms with Crippen LogP contribution in [-0.4, -0.2) is 23.3 Å². The van der Waals surface area contributed by atoms with Crippen molar-refractivity contribution in [2.24, 2.45) is 5.73 Å². The highest BCUT2D eigenvalue weighted by molar-refractivity contribution is 5.46. The van der Waals surface area contributed by atoms with Gasteiger partial charge >= 0.3 is 0 Å². The lowest BCUT2D eigenvalue weighted by molar-refractivity contribution is 0.581. The van der Waals surface area contributed by atoms with Crippen LogP contribution < -0.4 is 10.6 Å². The number of benzene rings is 1. The molecule has 2 aromatic rings. The highest BCUT2D eigenvalue weighted by atomic mass is 15.3. The number of anilines is 1. The summed E-state index contributed by atoms with van der Waals surface area (Å²) in [7, 11) is 0. The van der Waals surface area contributed by atoms with E-state index in [2.05, 4.69) is 39.4 Å². The van der Waals surface area contributed by atoms with Gasteiger partial charge in [0, 0.05) is 19.3 Å². The molecule has 0 bridgehead atoms. The first-order valence-corrected chi connectivity index (χ1v) is 6.22. The van der Waals surface area contributed by atoms with E-state index in [-0.39, 0.29) is 6.04 Å². The second-order valence-electron chi connectivity index (χ2n) is 4.48. The Morgan fingerprint density at radius 1 is 1.22 bits per heavy atom. The fourth-order valence-electron chi connectivity index (χ4n) is 2.63. The third-order valence-electron chi connectivity index (χ3n) is 3.49. The lowest BCUT2D eigenvalue weighted by atomic mass is 9.92. The first-order chi connectivity index (χ1) is 8.90. The van der Waals surface area contributed by atoms with Crippen LogP contribution in [0.3, 0.4) is 0 Å². The van der Waals surface area contributed by atoms with E-state index in [1.807, 2.05) is 12.1 Å². The molecule has 1 aliphatic heterocycles. The van der Waals surface area contributed by atoms with Crippen molar-refractivity contribution in [2.75, 3.05) is 18.0 Å². The number of rotatable bonds is 2. The average Bonchev–Trinajstić information content (AvgIpc) is 2.47. The standard InChI is InChI=1S/C14H16N4/c15-10-13-12-5-2-1-4-11(12)7-9-18(13)14-6-3-8-16-17-14/h1-6,8,13H,7,9-10,15H2. The molecule has 1 unspecified atom stereocenters. The van der Waals surface area contributed by atoms with Crippen LogP contribution in [0.1, 0.15) is 17.2 Å². The lowest BCUT2D eigenvalue weighted by Gasteiger charge is -2.37. The van der Waals surface area contributed by atoms with Crippen molar-refractivity contribution in [2.45, 2.75) is 12.5 Å². The molecule has 1 aromatic heterocycles. The van der Waals surface area contributed by atoms with E-state index in [4.69, 9.17) is 5.73 Å². The Hall–Kier alpha value is -1.94. The van der Waals surface area contributed by atoms with Gasteiger partial charge < -0.3 is 10.6 Å². The second-order valence-corrected chi connectivity index (χ2v) is 4.48. The number of hydrogen-bond donors (Lipinski definition) is 1. The van der Waals surface area contributed by atoms with Gasteiger partial charge in [-0.2, -0.15) is 5.10 Å². The third kappa shape index (κ3) is 1.84. The monoisotopic (exact) mass is 240 g/mol. The molecular formula is C14H16N4. The summed E-state index contributed by atoms with van der Waals surface area (Å²) in [6, 6.07) is 12.6. The molecule has 0 saturated heterocycles. The van der Waals surface area contributed by atoms with Gasteiger partial charge in [0.2, 0.25) is 0 Å². The molecule has 0 aliphatic carbocycles. The first-order valence-electron chi connectivity index (χ1n) is 6.22. The van der Waals surface area contributed by atoms with E-state index >= 15 is 0 Å². The highest BCUT2D eigenvalue weighted by Crippen LogP contribution is 2.31. The number of fused-ring (bicyclic) bond motifs is 1. The average molecular weight is 240 g/mol. The van der Waals surface area contributed by atoms with Crippen molar-refractivity contribution >= 4 is 5.82 Å². The summed E-state index contributed by atoms with van der Waals surface area (Å²) in [6.45, 7) is 1.53. The molecule has 1 aliphatic rings. The van der Waals surface area contributed by atoms with Gasteiger partial charge in [-0.05, 0) is 29.7 Å². The second kappa shape index (κ2) is 4.74. The van der Waals surface area contributed by atoms with Gasteiger partial charge in [0.15, 0.2) is 5.82 Å². The third-order valence-corrected chi connectivity index (χ3v) is 3.49. The molecule has 18 heavy (non-hydrogen) atoms. The predicted molar refractivity (Wildman–Crippen MR) is 71.3 cm³/mol. The van der Waals surface area contributed by atoms with Crippen LogP contribution >= 0.6 is 0 Å². The van der Waals surface area contributed by atoms with Crippen LogP contribution in [0.4, 0.5) is 5.82 Å². The Morgan fingerprint density at radius 3 is 2.89 bits per heavy atom. The van der Waals surface area contributed by atoms with Crippen LogP contribution in [0.5, 0.6) is 0 Å². The Morgan fingerprint density at radius 2 is 2.11 bits per heavy atom. The van der Waals surface area contributed by atoms with Gasteiger partial charge in [-0.1, -0.05) is 24.3 Å². The van der Waals surface area contributed by atoms with Gasteiger partial charge in [0.25, 0.3) is 0 Å². The summed E-state index contributed by atoms with van der Waals surface area (Å²) in [6.07, 6.45) is 2.72. The highest BCUT2D eigenvalue weighted by Gasteiger charge is 2.26. The van der Waals surface area contributed by atoms with Crippen molar-refractivity contribution in [3.8, 4) is 0 Å². The Balaban J connectivity index is 2.00. The number of aromatic nitrogens is 2. The lowest BCUT2D eigenvalue weighted by Crippen LogP contribution is -2.39. The molecule has 0 saturated carbocycles. The number of nitrogens with two attached hydrogens (primary N) is 1. The molecule has 92 valence electrons. The molecule has 1 atom stereocenters. The van der Waals surface area contributed by atoms with Crippen LogP contribution in [0.25, 0.3) is 0 Å². The minimum atomic E-state index is 0.201. The fourth-order valence-corrected chi connectivity index (χ4v) is 2.63. The Bertz CT molecular complexity index is 526. The molecular weight excluding hydrogens is 224 g/mol. The Kier molecular flexibility index (Phi) is 2.94. The van der Waals surface area contributed by atoms with Crippen LogP contribution in [-0.2, 0) is 6.42 Å². The van der Waals surface area contributed by atoms with Crippen molar-refractivity contribution in [3.63, 3.8) is 0 Å². The largest absolute Gasteiger partial charge is 0.346 e. The van der Waals surface area contributed by atoms with Gasteiger partial charge in [-0.15, -0.1) is 5.10 Å². The van der Waals surface area contributed by atoms with E-state index in [0.717, 1.165) is 18.8 Å².